The zero-order chi connectivity index (χ0) is 12.6. The third-order valence-electron chi connectivity index (χ3n) is 2.56. The monoisotopic (exact) mass is 222 g/mol. The largest absolute Gasteiger partial charge is 0.373 e. The molecule has 0 aliphatic carbocycles. The van der Waals surface area contributed by atoms with Crippen LogP contribution in [0, 0.1) is 5.41 Å². The van der Waals surface area contributed by atoms with E-state index in [4.69, 9.17) is 4.74 Å². The van der Waals surface area contributed by atoms with Crippen molar-refractivity contribution in [2.45, 2.75) is 54.3 Å². The first kappa shape index (κ1) is 15.2. The van der Waals surface area contributed by atoms with Gasteiger partial charge in [-0.25, -0.2) is 0 Å². The zero-order valence-electron chi connectivity index (χ0n) is 11.6. The van der Waals surface area contributed by atoms with Gasteiger partial charge < -0.3 is 4.74 Å². The van der Waals surface area contributed by atoms with E-state index in [1.54, 1.807) is 0 Å². The molecule has 1 atom stereocenters. The minimum atomic E-state index is 0.217. The molecular weight excluding hydrogens is 196 g/mol. The van der Waals surface area contributed by atoms with Crippen LogP contribution in [0.4, 0.5) is 0 Å². The summed E-state index contributed by atoms with van der Waals surface area (Å²) in [6, 6.07) is 10.3. The summed E-state index contributed by atoms with van der Waals surface area (Å²) in [5, 5.41) is 0. The van der Waals surface area contributed by atoms with Gasteiger partial charge in [-0.3, -0.25) is 0 Å². The molecular formula is C15H26O. The highest BCUT2D eigenvalue weighted by molar-refractivity contribution is 5.13. The van der Waals surface area contributed by atoms with Gasteiger partial charge in [-0.05, 0) is 17.9 Å². The smallest absolute Gasteiger partial charge is 0.0720 e. The van der Waals surface area contributed by atoms with Gasteiger partial charge in [0.2, 0.25) is 0 Å². The quantitative estimate of drug-likeness (QED) is 0.722. The van der Waals surface area contributed by atoms with Gasteiger partial charge in [0, 0.05) is 0 Å². The maximum absolute atomic E-state index is 5.79. The van der Waals surface area contributed by atoms with Crippen LogP contribution in [0.15, 0.2) is 30.3 Å². The Morgan fingerprint density at radius 3 is 2.00 bits per heavy atom. The average Bonchev–Trinajstić information content (AvgIpc) is 2.28. The number of hydrogen-bond donors (Lipinski definition) is 0. The molecule has 92 valence electrons. The molecule has 0 N–H and O–H groups in total. The van der Waals surface area contributed by atoms with Crippen molar-refractivity contribution in [1.82, 2.24) is 0 Å². The summed E-state index contributed by atoms with van der Waals surface area (Å²) in [5.74, 6) is 0. The van der Waals surface area contributed by atoms with Gasteiger partial charge in [0.15, 0.2) is 0 Å². The van der Waals surface area contributed by atoms with Crippen LogP contribution in [0.1, 0.15) is 47.1 Å². The Balaban J connectivity index is 0.00000106. The molecule has 0 saturated carbocycles. The van der Waals surface area contributed by atoms with Crippen molar-refractivity contribution in [3.05, 3.63) is 35.9 Å². The van der Waals surface area contributed by atoms with Gasteiger partial charge in [0.05, 0.1) is 12.7 Å². The lowest BCUT2D eigenvalue weighted by Gasteiger charge is -2.27. The second-order valence-electron chi connectivity index (χ2n) is 4.80. The maximum atomic E-state index is 5.79. The van der Waals surface area contributed by atoms with E-state index in [0.29, 0.717) is 6.61 Å². The van der Waals surface area contributed by atoms with Crippen molar-refractivity contribution in [2.75, 3.05) is 0 Å². The third kappa shape index (κ3) is 5.92. The summed E-state index contributed by atoms with van der Waals surface area (Å²) in [7, 11) is 0. The molecule has 0 unspecified atom stereocenters. The minimum absolute atomic E-state index is 0.217. The Morgan fingerprint density at radius 2 is 1.56 bits per heavy atom. The Bertz CT molecular complexity index is 259. The molecule has 1 heteroatoms. The van der Waals surface area contributed by atoms with E-state index in [1.165, 1.54) is 5.56 Å². The molecule has 1 rings (SSSR count). The van der Waals surface area contributed by atoms with E-state index >= 15 is 0 Å². The van der Waals surface area contributed by atoms with Crippen molar-refractivity contribution in [3.8, 4) is 0 Å². The second-order valence-corrected chi connectivity index (χ2v) is 4.80. The topological polar surface area (TPSA) is 9.23 Å². The minimum Gasteiger partial charge on any atom is -0.373 e. The number of rotatable bonds is 3. The standard InChI is InChI=1S/C13H20O.C2H6/c1-11(13(2,3)4)14-10-12-8-6-5-7-9-12;1-2/h5-9,11H,10H2,1-4H3;1-2H3/t11-;/m1./s1. The van der Waals surface area contributed by atoms with Crippen molar-refractivity contribution < 1.29 is 4.74 Å². The maximum Gasteiger partial charge on any atom is 0.0720 e. The Labute approximate surface area is 101 Å². The van der Waals surface area contributed by atoms with Gasteiger partial charge in [0.1, 0.15) is 0 Å². The zero-order valence-corrected chi connectivity index (χ0v) is 11.6. The highest BCUT2D eigenvalue weighted by atomic mass is 16.5. The summed E-state index contributed by atoms with van der Waals surface area (Å²) in [6.07, 6.45) is 0.280. The van der Waals surface area contributed by atoms with Crippen LogP contribution in [0.2, 0.25) is 0 Å². The van der Waals surface area contributed by atoms with E-state index in [2.05, 4.69) is 39.8 Å². The van der Waals surface area contributed by atoms with E-state index in [-0.39, 0.29) is 11.5 Å². The van der Waals surface area contributed by atoms with Gasteiger partial charge in [0.25, 0.3) is 0 Å². The summed E-state index contributed by atoms with van der Waals surface area (Å²) in [4.78, 5) is 0. The van der Waals surface area contributed by atoms with Gasteiger partial charge in [-0.15, -0.1) is 0 Å². The van der Waals surface area contributed by atoms with Crippen LogP contribution in [-0.2, 0) is 11.3 Å². The third-order valence-corrected chi connectivity index (χ3v) is 2.56. The van der Waals surface area contributed by atoms with Crippen LogP contribution in [-0.4, -0.2) is 6.10 Å². The van der Waals surface area contributed by atoms with Crippen molar-refractivity contribution >= 4 is 0 Å². The van der Waals surface area contributed by atoms with Crippen LogP contribution in [0.5, 0.6) is 0 Å². The lowest BCUT2D eigenvalue weighted by Crippen LogP contribution is -2.25. The van der Waals surface area contributed by atoms with Gasteiger partial charge >= 0.3 is 0 Å². The number of ether oxygens (including phenoxy) is 1. The molecule has 0 heterocycles. The first-order valence-corrected chi connectivity index (χ1v) is 6.15. The van der Waals surface area contributed by atoms with E-state index in [0.717, 1.165) is 0 Å². The van der Waals surface area contributed by atoms with Gasteiger partial charge in [-0.2, -0.15) is 0 Å². The fourth-order valence-electron chi connectivity index (χ4n) is 1.05. The Morgan fingerprint density at radius 1 is 1.06 bits per heavy atom. The van der Waals surface area contributed by atoms with Crippen molar-refractivity contribution in [2.24, 2.45) is 5.41 Å². The predicted molar refractivity (Wildman–Crippen MR) is 71.5 cm³/mol. The molecule has 0 aliphatic heterocycles. The van der Waals surface area contributed by atoms with Crippen LogP contribution >= 0.6 is 0 Å². The molecule has 1 aromatic carbocycles. The SMILES string of the molecule is CC.C[C@@H](OCc1ccccc1)C(C)(C)C. The predicted octanol–water partition coefficient (Wildman–Crippen LogP) is 4.66. The molecule has 1 nitrogen and oxygen atoms in total. The fraction of sp³-hybridized carbons (Fsp3) is 0.600. The Kier molecular flexibility index (Phi) is 7.07. The lowest BCUT2D eigenvalue weighted by molar-refractivity contribution is -0.0153. The van der Waals surface area contributed by atoms with Crippen LogP contribution in [0.3, 0.4) is 0 Å². The average molecular weight is 222 g/mol. The van der Waals surface area contributed by atoms with Gasteiger partial charge in [-0.1, -0.05) is 65.0 Å². The molecule has 1 aromatic rings. The van der Waals surface area contributed by atoms with E-state index in [1.807, 2.05) is 32.0 Å². The van der Waals surface area contributed by atoms with E-state index < -0.39 is 0 Å². The molecule has 0 radical (unpaired) electrons. The molecule has 0 fully saturated rings. The molecule has 0 aliphatic rings. The summed E-state index contributed by atoms with van der Waals surface area (Å²) in [5.41, 5.74) is 1.46. The first-order chi connectivity index (χ1) is 7.50. The summed E-state index contributed by atoms with van der Waals surface area (Å²) >= 11 is 0. The molecule has 0 spiro atoms. The number of benzene rings is 1. The summed E-state index contributed by atoms with van der Waals surface area (Å²) in [6.45, 7) is 13.4. The highest BCUT2D eigenvalue weighted by Gasteiger charge is 2.20. The number of hydrogen-bond acceptors (Lipinski definition) is 1. The van der Waals surface area contributed by atoms with Crippen molar-refractivity contribution in [3.63, 3.8) is 0 Å². The van der Waals surface area contributed by atoms with Crippen LogP contribution < -0.4 is 0 Å². The van der Waals surface area contributed by atoms with Crippen molar-refractivity contribution in [1.29, 1.82) is 0 Å². The molecule has 0 bridgehead atoms. The van der Waals surface area contributed by atoms with E-state index in [9.17, 15) is 0 Å². The highest BCUT2D eigenvalue weighted by Crippen LogP contribution is 2.22. The molecule has 0 amide bonds. The Hall–Kier alpha value is -0.820. The fourth-order valence-corrected chi connectivity index (χ4v) is 1.05. The molecule has 16 heavy (non-hydrogen) atoms. The van der Waals surface area contributed by atoms with Crippen LogP contribution in [0.25, 0.3) is 0 Å². The first-order valence-electron chi connectivity index (χ1n) is 6.15. The molecule has 0 aromatic heterocycles. The second kappa shape index (κ2) is 7.45. The lowest BCUT2D eigenvalue weighted by atomic mass is 9.90. The normalized spacial score (nSPS) is 12.6. The molecule has 0 saturated heterocycles. The summed E-state index contributed by atoms with van der Waals surface area (Å²) < 4.78 is 5.79.